The Morgan fingerprint density at radius 1 is 1.55 bits per heavy atom. The number of halogens is 1. The van der Waals surface area contributed by atoms with Crippen molar-refractivity contribution in [3.05, 3.63) is 22.4 Å². The van der Waals surface area contributed by atoms with E-state index in [0.29, 0.717) is 0 Å². The minimum Gasteiger partial charge on any atom is -0.445 e. The van der Waals surface area contributed by atoms with Crippen LogP contribution < -0.4 is 0 Å². The molecule has 0 N–H and O–H groups in total. The van der Waals surface area contributed by atoms with E-state index in [9.17, 15) is 0 Å². The second kappa shape index (κ2) is 2.38. The molecule has 0 spiro atoms. The fourth-order valence-electron chi connectivity index (χ4n) is 1.23. The van der Waals surface area contributed by atoms with Gasteiger partial charge in [0.2, 0.25) is 0 Å². The van der Waals surface area contributed by atoms with Gasteiger partial charge in [-0.05, 0) is 12.5 Å². The first-order chi connectivity index (χ1) is 5.25. The maximum Gasteiger partial charge on any atom is 0.191 e. The van der Waals surface area contributed by atoms with Gasteiger partial charge in [0, 0.05) is 18.4 Å². The number of allylic oxidation sites excluding steroid dienone is 1. The van der Waals surface area contributed by atoms with Gasteiger partial charge in [-0.1, -0.05) is 11.6 Å². The summed E-state index contributed by atoms with van der Waals surface area (Å²) in [6.45, 7) is 1.85. The molecule has 2 nitrogen and oxygen atoms in total. The van der Waals surface area contributed by atoms with Crippen molar-refractivity contribution >= 4 is 17.7 Å². The van der Waals surface area contributed by atoms with Crippen molar-refractivity contribution in [3.8, 4) is 0 Å². The number of aromatic nitrogens is 1. The molecular weight excluding hydrogens is 162 g/mol. The van der Waals surface area contributed by atoms with Gasteiger partial charge in [-0.3, -0.25) is 0 Å². The summed E-state index contributed by atoms with van der Waals surface area (Å²) >= 11 is 5.83. The molecule has 58 valence electrons. The number of hydrogen-bond donors (Lipinski definition) is 0. The Hall–Kier alpha value is -0.760. The largest absolute Gasteiger partial charge is 0.445 e. The van der Waals surface area contributed by atoms with Crippen LogP contribution in [-0.4, -0.2) is 4.98 Å². The second-order valence-electron chi connectivity index (χ2n) is 2.63. The first kappa shape index (κ1) is 6.92. The van der Waals surface area contributed by atoms with E-state index in [0.717, 1.165) is 35.2 Å². The van der Waals surface area contributed by atoms with Gasteiger partial charge >= 0.3 is 0 Å². The normalized spacial score (nSPS) is 16.0. The van der Waals surface area contributed by atoms with Crippen LogP contribution in [0.3, 0.4) is 0 Å². The monoisotopic (exact) mass is 169 g/mol. The molecule has 0 saturated carbocycles. The highest BCUT2D eigenvalue weighted by atomic mass is 35.5. The Labute approximate surface area is 69.9 Å². The summed E-state index contributed by atoms with van der Waals surface area (Å²) in [5.41, 5.74) is 0.902. The van der Waals surface area contributed by atoms with Crippen LogP contribution in [0.15, 0.2) is 9.45 Å². The molecule has 0 radical (unpaired) electrons. The quantitative estimate of drug-likeness (QED) is 0.597. The molecule has 1 heterocycles. The van der Waals surface area contributed by atoms with E-state index in [1.54, 1.807) is 0 Å². The Morgan fingerprint density at radius 2 is 2.36 bits per heavy atom. The van der Waals surface area contributed by atoms with Crippen LogP contribution in [0.25, 0.3) is 6.08 Å². The molecule has 2 rings (SSSR count). The number of rotatable bonds is 0. The van der Waals surface area contributed by atoms with Crippen LogP contribution in [0.2, 0.25) is 0 Å². The minimum absolute atomic E-state index is 0.720. The first-order valence-electron chi connectivity index (χ1n) is 3.58. The molecule has 0 fully saturated rings. The van der Waals surface area contributed by atoms with Crippen molar-refractivity contribution in [3.63, 3.8) is 0 Å². The number of fused-ring (bicyclic) bond motifs is 1. The van der Waals surface area contributed by atoms with Gasteiger partial charge in [0.25, 0.3) is 0 Å². The van der Waals surface area contributed by atoms with Gasteiger partial charge in [-0.2, -0.15) is 0 Å². The summed E-state index contributed by atoms with van der Waals surface area (Å²) in [6, 6.07) is 0. The Bertz CT molecular complexity index is 314. The van der Waals surface area contributed by atoms with E-state index < -0.39 is 0 Å². The zero-order valence-corrected chi connectivity index (χ0v) is 6.98. The molecule has 0 atom stereocenters. The third kappa shape index (κ3) is 1.18. The zero-order chi connectivity index (χ0) is 7.84. The molecule has 1 aromatic heterocycles. The number of hydrogen-bond acceptors (Lipinski definition) is 2. The summed E-state index contributed by atoms with van der Waals surface area (Å²) < 4.78 is 5.34. The highest BCUT2D eigenvalue weighted by molar-refractivity contribution is 6.31. The van der Waals surface area contributed by atoms with Crippen LogP contribution in [-0.2, 0) is 6.42 Å². The molecular formula is C8H8ClNO. The van der Waals surface area contributed by atoms with E-state index >= 15 is 0 Å². The highest BCUT2D eigenvalue weighted by Crippen LogP contribution is 2.25. The predicted molar refractivity (Wildman–Crippen MR) is 43.4 cm³/mol. The van der Waals surface area contributed by atoms with Gasteiger partial charge in [0.05, 0.1) is 0 Å². The zero-order valence-electron chi connectivity index (χ0n) is 6.22. The van der Waals surface area contributed by atoms with Crippen molar-refractivity contribution in [2.24, 2.45) is 0 Å². The number of aryl methyl sites for hydroxylation is 2. The van der Waals surface area contributed by atoms with Crippen molar-refractivity contribution in [2.75, 3.05) is 0 Å². The lowest BCUT2D eigenvalue weighted by Gasteiger charge is -2.03. The molecule has 0 saturated heterocycles. The predicted octanol–water partition coefficient (Wildman–Crippen LogP) is 2.51. The average Bonchev–Trinajstić information content (AvgIpc) is 2.27. The third-order valence-corrected chi connectivity index (χ3v) is 2.02. The van der Waals surface area contributed by atoms with Crippen LogP contribution in [0.5, 0.6) is 0 Å². The summed E-state index contributed by atoms with van der Waals surface area (Å²) in [7, 11) is 0. The van der Waals surface area contributed by atoms with Gasteiger partial charge in [-0.15, -0.1) is 0 Å². The maximum absolute atomic E-state index is 5.83. The Morgan fingerprint density at radius 3 is 3.18 bits per heavy atom. The fourth-order valence-corrected chi connectivity index (χ4v) is 1.43. The molecule has 3 heteroatoms. The van der Waals surface area contributed by atoms with Crippen molar-refractivity contribution in [1.82, 2.24) is 4.98 Å². The fraction of sp³-hybridized carbons (Fsp3) is 0.375. The lowest BCUT2D eigenvalue weighted by atomic mass is 10.1. The Balaban J connectivity index is 2.50. The molecule has 11 heavy (non-hydrogen) atoms. The van der Waals surface area contributed by atoms with E-state index in [4.69, 9.17) is 16.0 Å². The standard InChI is InChI=1S/C8H8ClNO/c1-5-10-7-4-6(9)2-3-8(7)11-5/h4H,2-3H2,1H3. The summed E-state index contributed by atoms with van der Waals surface area (Å²) in [5.74, 6) is 1.68. The van der Waals surface area contributed by atoms with Crippen LogP contribution >= 0.6 is 11.6 Å². The topological polar surface area (TPSA) is 26.0 Å². The average molecular weight is 170 g/mol. The maximum atomic E-state index is 5.83. The number of nitrogens with zero attached hydrogens (tertiary/aromatic N) is 1. The lowest BCUT2D eigenvalue weighted by molar-refractivity contribution is 0.473. The van der Waals surface area contributed by atoms with Gasteiger partial charge in [0.1, 0.15) is 11.5 Å². The molecule has 1 aliphatic carbocycles. The summed E-state index contributed by atoms with van der Waals surface area (Å²) in [5, 5.41) is 0.866. The first-order valence-corrected chi connectivity index (χ1v) is 3.96. The van der Waals surface area contributed by atoms with Crippen LogP contribution in [0.4, 0.5) is 0 Å². The van der Waals surface area contributed by atoms with Gasteiger partial charge in [0.15, 0.2) is 5.89 Å². The minimum atomic E-state index is 0.720. The van der Waals surface area contributed by atoms with Crippen LogP contribution in [0, 0.1) is 6.92 Å². The smallest absolute Gasteiger partial charge is 0.191 e. The molecule has 0 aliphatic heterocycles. The van der Waals surface area contributed by atoms with E-state index in [2.05, 4.69) is 4.98 Å². The molecule has 0 amide bonds. The Kier molecular flexibility index (Phi) is 1.50. The summed E-state index contributed by atoms with van der Waals surface area (Å²) in [6.07, 6.45) is 3.63. The molecule has 0 bridgehead atoms. The summed E-state index contributed by atoms with van der Waals surface area (Å²) in [4.78, 5) is 4.17. The molecule has 1 aromatic rings. The number of oxazole rings is 1. The SMILES string of the molecule is Cc1nc2c(o1)CCC(Cl)=C2. The van der Waals surface area contributed by atoms with Crippen molar-refractivity contribution < 1.29 is 4.42 Å². The van der Waals surface area contributed by atoms with Crippen molar-refractivity contribution in [1.29, 1.82) is 0 Å². The van der Waals surface area contributed by atoms with E-state index in [1.807, 2.05) is 13.0 Å². The van der Waals surface area contributed by atoms with Crippen molar-refractivity contribution in [2.45, 2.75) is 19.8 Å². The van der Waals surface area contributed by atoms with Gasteiger partial charge in [-0.25, -0.2) is 4.98 Å². The third-order valence-electron chi connectivity index (χ3n) is 1.72. The molecule has 0 aromatic carbocycles. The molecule has 0 unspecified atom stereocenters. The molecule has 1 aliphatic rings. The highest BCUT2D eigenvalue weighted by Gasteiger charge is 2.14. The van der Waals surface area contributed by atoms with E-state index in [1.165, 1.54) is 0 Å². The van der Waals surface area contributed by atoms with Gasteiger partial charge < -0.3 is 4.42 Å². The lowest BCUT2D eigenvalue weighted by Crippen LogP contribution is -1.92. The second-order valence-corrected chi connectivity index (χ2v) is 3.12. The van der Waals surface area contributed by atoms with Crippen LogP contribution in [0.1, 0.15) is 23.8 Å². The van der Waals surface area contributed by atoms with E-state index in [-0.39, 0.29) is 0 Å².